The van der Waals surface area contributed by atoms with Gasteiger partial charge in [0.2, 0.25) is 0 Å². The summed E-state index contributed by atoms with van der Waals surface area (Å²) in [5.41, 5.74) is 1.54. The number of benzene rings is 1. The maximum absolute atomic E-state index is 11.4. The number of aromatic nitrogens is 2. The molecule has 0 spiro atoms. The number of fused-ring (bicyclic) bond motifs is 1. The third-order valence-corrected chi connectivity index (χ3v) is 3.48. The molecule has 23 heavy (non-hydrogen) atoms. The minimum Gasteiger partial charge on any atom is -0.497 e. The molecule has 0 fully saturated rings. The van der Waals surface area contributed by atoms with Crippen LogP contribution in [0.1, 0.15) is 21.9 Å². The van der Waals surface area contributed by atoms with E-state index in [-0.39, 0.29) is 12.3 Å². The van der Waals surface area contributed by atoms with E-state index in [1.807, 2.05) is 31.2 Å². The Morgan fingerprint density at radius 1 is 1.26 bits per heavy atom. The van der Waals surface area contributed by atoms with Crippen LogP contribution in [-0.4, -0.2) is 27.6 Å². The predicted octanol–water partition coefficient (Wildman–Crippen LogP) is 2.93. The fraction of sp³-hybridized carbons (Fsp3) is 0.176. The monoisotopic (exact) mass is 312 g/mol. The highest BCUT2D eigenvalue weighted by molar-refractivity contribution is 5.94. The predicted molar refractivity (Wildman–Crippen MR) is 84.2 cm³/mol. The minimum atomic E-state index is -1.09. The first-order chi connectivity index (χ1) is 11.1. The van der Waals surface area contributed by atoms with Gasteiger partial charge in [-0.05, 0) is 30.7 Å². The van der Waals surface area contributed by atoms with Crippen molar-refractivity contribution in [2.75, 3.05) is 7.11 Å². The van der Waals surface area contributed by atoms with Gasteiger partial charge in [-0.1, -0.05) is 12.1 Å². The molecule has 0 bridgehead atoms. The third kappa shape index (κ3) is 2.96. The number of carbonyl (C=O) groups is 1. The van der Waals surface area contributed by atoms with Crippen molar-refractivity contribution in [3.8, 4) is 11.5 Å². The van der Waals surface area contributed by atoms with Crippen LogP contribution in [0.4, 0.5) is 0 Å². The number of aromatic carboxylic acids is 1. The molecule has 1 N–H and O–H groups in total. The van der Waals surface area contributed by atoms with Crippen LogP contribution in [0.3, 0.4) is 0 Å². The van der Waals surface area contributed by atoms with Crippen LogP contribution >= 0.6 is 0 Å². The number of pyridine rings is 1. The van der Waals surface area contributed by atoms with Gasteiger partial charge in [0.05, 0.1) is 12.6 Å². The maximum Gasteiger partial charge on any atom is 0.356 e. The zero-order valence-electron chi connectivity index (χ0n) is 12.8. The summed E-state index contributed by atoms with van der Waals surface area (Å²) in [7, 11) is 1.53. The van der Waals surface area contributed by atoms with Crippen LogP contribution in [0.15, 0.2) is 42.6 Å². The van der Waals surface area contributed by atoms with Gasteiger partial charge in [-0.3, -0.25) is 4.40 Å². The Balaban J connectivity index is 1.95. The smallest absolute Gasteiger partial charge is 0.356 e. The van der Waals surface area contributed by atoms with E-state index in [2.05, 4.69) is 4.98 Å². The van der Waals surface area contributed by atoms with E-state index < -0.39 is 5.97 Å². The van der Waals surface area contributed by atoms with Crippen molar-refractivity contribution >= 4 is 11.5 Å². The zero-order valence-corrected chi connectivity index (χ0v) is 12.8. The quantitative estimate of drug-likeness (QED) is 0.784. The number of hydrogen-bond donors (Lipinski definition) is 1. The van der Waals surface area contributed by atoms with Gasteiger partial charge in [0.15, 0.2) is 11.5 Å². The van der Waals surface area contributed by atoms with Crippen LogP contribution < -0.4 is 9.47 Å². The summed E-state index contributed by atoms with van der Waals surface area (Å²) in [5.74, 6) is 0.720. The number of carboxylic acids is 1. The van der Waals surface area contributed by atoms with Crippen molar-refractivity contribution in [3.63, 3.8) is 0 Å². The average molecular weight is 312 g/mol. The van der Waals surface area contributed by atoms with Crippen LogP contribution in [0.25, 0.3) is 5.52 Å². The number of methoxy groups -OCH3 is 1. The van der Waals surface area contributed by atoms with Gasteiger partial charge in [-0.25, -0.2) is 9.78 Å². The van der Waals surface area contributed by atoms with Gasteiger partial charge >= 0.3 is 5.97 Å². The SMILES string of the molecule is COc1ccn2c(COc3cccc(C)c3)nc(C(=O)O)c2c1. The second kappa shape index (κ2) is 6.00. The molecular formula is C17H16N2O4. The number of carboxylic acid groups (broad SMARTS) is 1. The van der Waals surface area contributed by atoms with Crippen molar-refractivity contribution in [3.05, 3.63) is 59.7 Å². The molecular weight excluding hydrogens is 296 g/mol. The number of aryl methyl sites for hydroxylation is 1. The Kier molecular flexibility index (Phi) is 3.89. The van der Waals surface area contributed by atoms with Gasteiger partial charge in [-0.2, -0.15) is 0 Å². The van der Waals surface area contributed by atoms with E-state index in [0.29, 0.717) is 22.8 Å². The molecule has 3 rings (SSSR count). The van der Waals surface area contributed by atoms with Crippen molar-refractivity contribution < 1.29 is 19.4 Å². The molecule has 0 amide bonds. The van der Waals surface area contributed by atoms with Crippen molar-refractivity contribution in [1.82, 2.24) is 9.38 Å². The van der Waals surface area contributed by atoms with Gasteiger partial charge in [0, 0.05) is 12.3 Å². The first kappa shape index (κ1) is 14.9. The van der Waals surface area contributed by atoms with Crippen LogP contribution in [0, 0.1) is 6.92 Å². The van der Waals surface area contributed by atoms with E-state index in [0.717, 1.165) is 5.56 Å². The number of ether oxygens (including phenoxy) is 2. The Hall–Kier alpha value is -3.02. The molecule has 0 radical (unpaired) electrons. The Labute approximate surface area is 132 Å². The maximum atomic E-state index is 11.4. The van der Waals surface area contributed by atoms with Crippen molar-refractivity contribution in [2.24, 2.45) is 0 Å². The van der Waals surface area contributed by atoms with E-state index in [4.69, 9.17) is 9.47 Å². The molecule has 0 aliphatic rings. The molecule has 118 valence electrons. The lowest BCUT2D eigenvalue weighted by molar-refractivity contribution is 0.0693. The van der Waals surface area contributed by atoms with E-state index >= 15 is 0 Å². The summed E-state index contributed by atoms with van der Waals surface area (Å²) < 4.78 is 12.6. The lowest BCUT2D eigenvalue weighted by Gasteiger charge is -2.07. The second-order valence-corrected chi connectivity index (χ2v) is 5.11. The van der Waals surface area contributed by atoms with E-state index in [1.54, 1.807) is 22.7 Å². The highest BCUT2D eigenvalue weighted by Crippen LogP contribution is 2.21. The summed E-state index contributed by atoms with van der Waals surface area (Å²) >= 11 is 0. The summed E-state index contributed by atoms with van der Waals surface area (Å²) in [6, 6.07) is 11.0. The normalized spacial score (nSPS) is 10.7. The lowest BCUT2D eigenvalue weighted by atomic mass is 10.2. The van der Waals surface area contributed by atoms with Gasteiger partial charge in [0.1, 0.15) is 18.1 Å². The van der Waals surface area contributed by atoms with Crippen molar-refractivity contribution in [2.45, 2.75) is 13.5 Å². The Bertz CT molecular complexity index is 870. The highest BCUT2D eigenvalue weighted by Gasteiger charge is 2.17. The number of nitrogens with zero attached hydrogens (tertiary/aromatic N) is 2. The molecule has 0 saturated heterocycles. The molecule has 0 aliphatic carbocycles. The van der Waals surface area contributed by atoms with Crippen molar-refractivity contribution in [1.29, 1.82) is 0 Å². The fourth-order valence-corrected chi connectivity index (χ4v) is 2.37. The summed E-state index contributed by atoms with van der Waals surface area (Å²) in [5, 5.41) is 9.32. The Morgan fingerprint density at radius 3 is 2.78 bits per heavy atom. The molecule has 0 atom stereocenters. The number of hydrogen-bond acceptors (Lipinski definition) is 4. The number of rotatable bonds is 5. The molecule has 6 nitrogen and oxygen atoms in total. The largest absolute Gasteiger partial charge is 0.497 e. The molecule has 2 heterocycles. The molecule has 2 aromatic heterocycles. The van der Waals surface area contributed by atoms with Gasteiger partial charge in [0.25, 0.3) is 0 Å². The van der Waals surface area contributed by atoms with Crippen LogP contribution in [0.5, 0.6) is 11.5 Å². The summed E-state index contributed by atoms with van der Waals surface area (Å²) in [4.78, 5) is 15.6. The first-order valence-corrected chi connectivity index (χ1v) is 7.06. The molecule has 1 aromatic carbocycles. The Morgan fingerprint density at radius 2 is 2.09 bits per heavy atom. The summed E-state index contributed by atoms with van der Waals surface area (Å²) in [6.45, 7) is 2.15. The van der Waals surface area contributed by atoms with Crippen LogP contribution in [-0.2, 0) is 6.61 Å². The molecule has 0 aliphatic heterocycles. The van der Waals surface area contributed by atoms with Gasteiger partial charge in [-0.15, -0.1) is 0 Å². The molecule has 0 unspecified atom stereocenters. The average Bonchev–Trinajstić information content (AvgIpc) is 2.91. The second-order valence-electron chi connectivity index (χ2n) is 5.11. The summed E-state index contributed by atoms with van der Waals surface area (Å²) in [6.07, 6.45) is 1.72. The highest BCUT2D eigenvalue weighted by atomic mass is 16.5. The van der Waals surface area contributed by atoms with E-state index in [9.17, 15) is 9.90 Å². The zero-order chi connectivity index (χ0) is 16.4. The molecule has 6 heteroatoms. The minimum absolute atomic E-state index is 0.0215. The molecule has 3 aromatic rings. The standard InChI is InChI=1S/C17H16N2O4/c1-11-4-3-5-13(8-11)23-10-15-18-16(17(20)21)14-9-12(22-2)6-7-19(14)15/h3-9H,10H2,1-2H3,(H,20,21). The molecule has 0 saturated carbocycles. The topological polar surface area (TPSA) is 73.1 Å². The third-order valence-electron chi connectivity index (χ3n) is 3.48. The first-order valence-electron chi connectivity index (χ1n) is 7.06. The van der Waals surface area contributed by atoms with Gasteiger partial charge < -0.3 is 14.6 Å². The van der Waals surface area contributed by atoms with Crippen LogP contribution in [0.2, 0.25) is 0 Å². The fourth-order valence-electron chi connectivity index (χ4n) is 2.37. The lowest BCUT2D eigenvalue weighted by Crippen LogP contribution is -2.01. The van der Waals surface area contributed by atoms with E-state index in [1.165, 1.54) is 7.11 Å². The number of imidazole rings is 1.